The average Bonchev–Trinajstić information content (AvgIpc) is 4.01. The number of aromatic nitrogens is 2. The fraction of sp³-hybridized carbons (Fsp3) is 0. The molecule has 0 aliphatic rings. The van der Waals surface area contributed by atoms with Crippen molar-refractivity contribution < 1.29 is 13.3 Å². The normalized spacial score (nSPS) is 12.0. The van der Waals surface area contributed by atoms with Crippen LogP contribution in [0, 0.1) is 0 Å². The van der Waals surface area contributed by atoms with Crippen molar-refractivity contribution >= 4 is 93.8 Å². The molecule has 6 nitrogen and oxygen atoms in total. The van der Waals surface area contributed by atoms with Crippen LogP contribution in [0.25, 0.3) is 93.9 Å². The molecule has 0 saturated carbocycles. The second-order valence-electron chi connectivity index (χ2n) is 14.0. The van der Waals surface area contributed by atoms with E-state index >= 15 is 0 Å². The van der Waals surface area contributed by atoms with Crippen molar-refractivity contribution in [2.24, 2.45) is 0 Å². The SMILES string of the molecule is c1ccc(-c2nc3cc4oc5ccc(N(c6ccc7c8ccccc8n(-c8ccccc8)c7c6)c6cccc7c6oc6ccccc67)cc5c4cc3o2)cc1. The van der Waals surface area contributed by atoms with E-state index in [1.54, 1.807) is 0 Å². The van der Waals surface area contributed by atoms with E-state index in [0.717, 1.165) is 88.7 Å². The van der Waals surface area contributed by atoms with E-state index in [1.807, 2.05) is 54.6 Å². The van der Waals surface area contributed by atoms with Gasteiger partial charge in [0.05, 0.1) is 16.7 Å². The maximum Gasteiger partial charge on any atom is 0.227 e. The average molecular weight is 708 g/mol. The van der Waals surface area contributed by atoms with Gasteiger partial charge in [-0.25, -0.2) is 4.98 Å². The molecule has 0 radical (unpaired) electrons. The first-order chi connectivity index (χ1) is 27.2. The van der Waals surface area contributed by atoms with Crippen LogP contribution in [-0.2, 0) is 0 Å². The van der Waals surface area contributed by atoms with E-state index in [4.69, 9.17) is 18.2 Å². The summed E-state index contributed by atoms with van der Waals surface area (Å²) >= 11 is 0. The molecule has 0 amide bonds. The molecule has 4 heterocycles. The lowest BCUT2D eigenvalue weighted by Crippen LogP contribution is -2.10. The predicted molar refractivity (Wildman–Crippen MR) is 223 cm³/mol. The van der Waals surface area contributed by atoms with E-state index < -0.39 is 0 Å². The van der Waals surface area contributed by atoms with Gasteiger partial charge in [-0.3, -0.25) is 0 Å². The molecule has 0 aliphatic heterocycles. The summed E-state index contributed by atoms with van der Waals surface area (Å²) in [5.41, 5.74) is 11.9. The van der Waals surface area contributed by atoms with Crippen molar-refractivity contribution in [1.82, 2.24) is 9.55 Å². The highest BCUT2D eigenvalue weighted by molar-refractivity contribution is 6.14. The quantitative estimate of drug-likeness (QED) is 0.178. The van der Waals surface area contributed by atoms with Crippen LogP contribution in [0.4, 0.5) is 17.1 Å². The molecule has 8 aromatic carbocycles. The Bertz CT molecular complexity index is 3440. The van der Waals surface area contributed by atoms with E-state index in [1.165, 1.54) is 10.8 Å². The van der Waals surface area contributed by atoms with Crippen molar-refractivity contribution in [2.75, 3.05) is 4.90 Å². The second-order valence-corrected chi connectivity index (χ2v) is 14.0. The van der Waals surface area contributed by atoms with Gasteiger partial charge in [0.2, 0.25) is 5.89 Å². The Labute approximate surface area is 313 Å². The Morgan fingerprint density at radius 1 is 0.418 bits per heavy atom. The van der Waals surface area contributed by atoms with Gasteiger partial charge in [0.15, 0.2) is 11.2 Å². The summed E-state index contributed by atoms with van der Waals surface area (Å²) in [5, 5.41) is 6.48. The summed E-state index contributed by atoms with van der Waals surface area (Å²) in [6.07, 6.45) is 0. The highest BCUT2D eigenvalue weighted by Gasteiger charge is 2.23. The number of rotatable bonds is 5. The smallest absolute Gasteiger partial charge is 0.227 e. The number of fused-ring (bicyclic) bond motifs is 10. The minimum Gasteiger partial charge on any atom is -0.456 e. The number of anilines is 3. The molecular weight excluding hydrogens is 679 g/mol. The fourth-order valence-electron chi connectivity index (χ4n) is 8.32. The number of oxazole rings is 1. The van der Waals surface area contributed by atoms with Crippen LogP contribution >= 0.6 is 0 Å². The summed E-state index contributed by atoms with van der Waals surface area (Å²) in [5.74, 6) is 0.585. The number of para-hydroxylation sites is 4. The molecule has 0 saturated heterocycles. The number of furan rings is 2. The summed E-state index contributed by atoms with van der Waals surface area (Å²) in [7, 11) is 0. The van der Waals surface area contributed by atoms with Crippen LogP contribution in [-0.4, -0.2) is 9.55 Å². The minimum atomic E-state index is 0.585. The summed E-state index contributed by atoms with van der Waals surface area (Å²) in [6, 6.07) is 61.0. The zero-order valence-corrected chi connectivity index (χ0v) is 29.3. The first kappa shape index (κ1) is 29.9. The van der Waals surface area contributed by atoms with Crippen molar-refractivity contribution in [1.29, 1.82) is 0 Å². The fourth-order valence-corrected chi connectivity index (χ4v) is 8.32. The maximum atomic E-state index is 6.68. The Kier molecular flexibility index (Phi) is 6.24. The standard InChI is InChI=1S/C49H29N3O3/c1-3-12-30(13-4-1)49-50-40-29-46-39(28-47(40)55-49)38-26-32(23-25-45(38)53-46)51(42-20-11-18-37-36-17-8-10-21-44(36)54-48(37)42)33-22-24-35-34-16-7-9-19-41(34)52(43(35)27-33)31-14-5-2-6-15-31/h1-29H. The monoisotopic (exact) mass is 707 g/mol. The second kappa shape index (κ2) is 11.5. The van der Waals surface area contributed by atoms with E-state index in [-0.39, 0.29) is 0 Å². The molecule has 0 atom stereocenters. The van der Waals surface area contributed by atoms with Crippen molar-refractivity contribution in [2.45, 2.75) is 0 Å². The van der Waals surface area contributed by atoms with Crippen molar-refractivity contribution in [3.05, 3.63) is 176 Å². The molecule has 0 aliphatic carbocycles. The summed E-state index contributed by atoms with van der Waals surface area (Å²) < 4.78 is 21.8. The first-order valence-corrected chi connectivity index (χ1v) is 18.4. The lowest BCUT2D eigenvalue weighted by Gasteiger charge is -2.26. The molecule has 258 valence electrons. The number of hydrogen-bond acceptors (Lipinski definition) is 5. The van der Waals surface area contributed by atoms with Gasteiger partial charge in [-0.15, -0.1) is 0 Å². The van der Waals surface area contributed by atoms with Gasteiger partial charge < -0.3 is 22.7 Å². The Hall–Kier alpha value is -7.57. The molecule has 12 rings (SSSR count). The van der Waals surface area contributed by atoms with Gasteiger partial charge in [0.25, 0.3) is 0 Å². The van der Waals surface area contributed by atoms with Crippen LogP contribution in [0.15, 0.2) is 189 Å². The van der Waals surface area contributed by atoms with Crippen LogP contribution in [0.5, 0.6) is 0 Å². The third-order valence-corrected chi connectivity index (χ3v) is 10.8. The first-order valence-electron chi connectivity index (χ1n) is 18.4. The molecule has 12 aromatic rings. The zero-order valence-electron chi connectivity index (χ0n) is 29.3. The van der Waals surface area contributed by atoms with Gasteiger partial charge in [-0.05, 0) is 78.9 Å². The lowest BCUT2D eigenvalue weighted by atomic mass is 10.1. The van der Waals surface area contributed by atoms with Gasteiger partial charge in [-0.1, -0.05) is 91.0 Å². The van der Waals surface area contributed by atoms with Crippen molar-refractivity contribution in [3.63, 3.8) is 0 Å². The number of benzene rings is 8. The van der Waals surface area contributed by atoms with Crippen LogP contribution in [0.3, 0.4) is 0 Å². The summed E-state index contributed by atoms with van der Waals surface area (Å²) in [4.78, 5) is 7.10. The van der Waals surface area contributed by atoms with Crippen LogP contribution in [0.1, 0.15) is 0 Å². The molecule has 6 heteroatoms. The van der Waals surface area contributed by atoms with E-state index in [0.29, 0.717) is 11.5 Å². The van der Waals surface area contributed by atoms with Gasteiger partial charge >= 0.3 is 0 Å². The Morgan fingerprint density at radius 2 is 1.11 bits per heavy atom. The zero-order chi connectivity index (χ0) is 36.0. The highest BCUT2D eigenvalue weighted by Crippen LogP contribution is 2.45. The molecule has 0 bridgehead atoms. The number of nitrogens with zero attached hydrogens (tertiary/aromatic N) is 3. The molecule has 0 unspecified atom stereocenters. The molecule has 55 heavy (non-hydrogen) atoms. The molecule has 0 N–H and O–H groups in total. The third-order valence-electron chi connectivity index (χ3n) is 10.8. The Morgan fingerprint density at radius 3 is 2.00 bits per heavy atom. The largest absolute Gasteiger partial charge is 0.456 e. The maximum absolute atomic E-state index is 6.68. The van der Waals surface area contributed by atoms with Crippen molar-refractivity contribution in [3.8, 4) is 17.1 Å². The summed E-state index contributed by atoms with van der Waals surface area (Å²) in [6.45, 7) is 0. The van der Waals surface area contributed by atoms with Crippen LogP contribution < -0.4 is 4.90 Å². The molecule has 4 aromatic heterocycles. The third kappa shape index (κ3) is 4.52. The topological polar surface area (TPSA) is 60.5 Å². The van der Waals surface area contributed by atoms with E-state index in [9.17, 15) is 0 Å². The highest BCUT2D eigenvalue weighted by atomic mass is 16.4. The van der Waals surface area contributed by atoms with Gasteiger partial charge in [0.1, 0.15) is 22.3 Å². The molecule has 0 fully saturated rings. The minimum absolute atomic E-state index is 0.585. The van der Waals surface area contributed by atoms with Gasteiger partial charge in [0, 0.05) is 61.0 Å². The number of hydrogen-bond donors (Lipinski definition) is 0. The van der Waals surface area contributed by atoms with Gasteiger partial charge in [-0.2, -0.15) is 0 Å². The Balaban J connectivity index is 1.11. The van der Waals surface area contributed by atoms with Crippen LogP contribution in [0.2, 0.25) is 0 Å². The lowest BCUT2D eigenvalue weighted by molar-refractivity contribution is 0.620. The molecule has 0 spiro atoms. The van der Waals surface area contributed by atoms with E-state index in [2.05, 4.69) is 131 Å². The molecular formula is C49H29N3O3. The predicted octanol–water partition coefficient (Wildman–Crippen LogP) is 13.9.